The van der Waals surface area contributed by atoms with Gasteiger partial charge in [-0.2, -0.15) is 18.4 Å². The van der Waals surface area contributed by atoms with Crippen molar-refractivity contribution in [2.75, 3.05) is 11.5 Å². The summed E-state index contributed by atoms with van der Waals surface area (Å²) < 4.78 is 34.9. The van der Waals surface area contributed by atoms with Crippen LogP contribution in [0.2, 0.25) is 0 Å². The average molecular weight is 313 g/mol. The van der Waals surface area contributed by atoms with Crippen LogP contribution in [0.5, 0.6) is 0 Å². The SMILES string of the molecule is Cc1nnc(C(C)(C#N)SCCSC(F)(F)F)s1. The molecule has 0 aliphatic heterocycles. The van der Waals surface area contributed by atoms with E-state index in [9.17, 15) is 13.2 Å². The van der Waals surface area contributed by atoms with Crippen molar-refractivity contribution in [2.45, 2.75) is 24.1 Å². The maximum absolute atomic E-state index is 12.0. The van der Waals surface area contributed by atoms with Crippen LogP contribution in [-0.4, -0.2) is 27.2 Å². The molecule has 0 spiro atoms. The molecule has 0 fully saturated rings. The van der Waals surface area contributed by atoms with Crippen molar-refractivity contribution in [3.05, 3.63) is 10.0 Å². The lowest BCUT2D eigenvalue weighted by Gasteiger charge is -2.17. The minimum Gasteiger partial charge on any atom is -0.196 e. The highest BCUT2D eigenvalue weighted by Gasteiger charge is 2.32. The van der Waals surface area contributed by atoms with Crippen LogP contribution < -0.4 is 0 Å². The van der Waals surface area contributed by atoms with Crippen LogP contribution in [0.1, 0.15) is 16.9 Å². The van der Waals surface area contributed by atoms with Crippen LogP contribution in [-0.2, 0) is 4.75 Å². The predicted octanol–water partition coefficient (Wildman–Crippen LogP) is 3.57. The molecule has 0 amide bonds. The number of nitriles is 1. The van der Waals surface area contributed by atoms with E-state index in [1.807, 2.05) is 0 Å². The summed E-state index contributed by atoms with van der Waals surface area (Å²) >= 11 is 2.37. The number of rotatable bonds is 5. The fourth-order valence-electron chi connectivity index (χ4n) is 1.03. The van der Waals surface area contributed by atoms with E-state index in [-0.39, 0.29) is 23.3 Å². The Morgan fingerprint density at radius 1 is 1.28 bits per heavy atom. The van der Waals surface area contributed by atoms with E-state index in [1.165, 1.54) is 11.3 Å². The van der Waals surface area contributed by atoms with Gasteiger partial charge in [-0.15, -0.1) is 22.0 Å². The number of aryl methyl sites for hydroxylation is 1. The Morgan fingerprint density at radius 2 is 1.89 bits per heavy atom. The highest BCUT2D eigenvalue weighted by molar-refractivity contribution is 8.03. The molecule has 0 saturated heterocycles. The maximum Gasteiger partial charge on any atom is 0.441 e. The number of nitrogens with zero attached hydrogens (tertiary/aromatic N) is 3. The summed E-state index contributed by atoms with van der Waals surface area (Å²) in [6, 6.07) is 2.09. The van der Waals surface area contributed by atoms with Crippen LogP contribution in [0.4, 0.5) is 13.2 Å². The highest BCUT2D eigenvalue weighted by atomic mass is 32.2. The molecule has 1 aromatic rings. The van der Waals surface area contributed by atoms with Crippen molar-refractivity contribution in [3.63, 3.8) is 0 Å². The van der Waals surface area contributed by atoms with E-state index in [2.05, 4.69) is 16.3 Å². The molecule has 0 radical (unpaired) electrons. The van der Waals surface area contributed by atoms with Gasteiger partial charge in [0.1, 0.15) is 10.0 Å². The molecule has 9 heteroatoms. The summed E-state index contributed by atoms with van der Waals surface area (Å²) in [5.41, 5.74) is -4.22. The third-order valence-electron chi connectivity index (χ3n) is 1.89. The van der Waals surface area contributed by atoms with Crippen molar-refractivity contribution in [2.24, 2.45) is 0 Å². The lowest BCUT2D eigenvalue weighted by Crippen LogP contribution is -2.16. The number of hydrogen-bond acceptors (Lipinski definition) is 6. The molecule has 1 aromatic heterocycles. The van der Waals surface area contributed by atoms with Gasteiger partial charge in [-0.25, -0.2) is 0 Å². The van der Waals surface area contributed by atoms with Gasteiger partial charge in [0, 0.05) is 11.5 Å². The van der Waals surface area contributed by atoms with Gasteiger partial charge in [-0.1, -0.05) is 23.1 Å². The van der Waals surface area contributed by atoms with Gasteiger partial charge in [-0.3, -0.25) is 0 Å². The number of aromatic nitrogens is 2. The molecule has 1 heterocycles. The first kappa shape index (κ1) is 15.6. The second-order valence-corrected chi connectivity index (χ2v) is 7.27. The van der Waals surface area contributed by atoms with E-state index in [0.717, 1.165) is 16.8 Å². The summed E-state index contributed by atoms with van der Waals surface area (Å²) in [6.07, 6.45) is 0. The van der Waals surface area contributed by atoms with Crippen LogP contribution in [0.25, 0.3) is 0 Å². The molecule has 0 aliphatic rings. The van der Waals surface area contributed by atoms with Crippen molar-refractivity contribution >= 4 is 34.9 Å². The fourth-order valence-corrected chi connectivity index (χ4v) is 3.55. The van der Waals surface area contributed by atoms with Crippen molar-refractivity contribution in [1.82, 2.24) is 10.2 Å². The van der Waals surface area contributed by atoms with Crippen LogP contribution in [0, 0.1) is 18.3 Å². The third-order valence-corrected chi connectivity index (χ3v) is 5.34. The molecule has 0 saturated carbocycles. The Morgan fingerprint density at radius 3 is 2.33 bits per heavy atom. The monoisotopic (exact) mass is 313 g/mol. The lowest BCUT2D eigenvalue weighted by atomic mass is 10.2. The van der Waals surface area contributed by atoms with Crippen LogP contribution in [0.3, 0.4) is 0 Å². The maximum atomic E-state index is 12.0. The minimum absolute atomic E-state index is 0.0777. The molecular weight excluding hydrogens is 303 g/mol. The summed E-state index contributed by atoms with van der Waals surface area (Å²) in [4.78, 5) is 0. The standard InChI is InChI=1S/C9H10F3N3S3/c1-6-14-15-7(18-6)8(2,5-13)16-3-4-17-9(10,11)12/h3-4H2,1-2H3. The van der Waals surface area contributed by atoms with Gasteiger partial charge in [0.15, 0.2) is 4.75 Å². The molecular formula is C9H10F3N3S3. The Balaban J connectivity index is 2.55. The average Bonchev–Trinajstić information content (AvgIpc) is 2.70. The first-order valence-corrected chi connectivity index (χ1v) is 7.62. The van der Waals surface area contributed by atoms with Crippen LogP contribution >= 0.6 is 34.9 Å². The zero-order chi connectivity index (χ0) is 13.8. The molecule has 0 N–H and O–H groups in total. The van der Waals surface area contributed by atoms with Crippen molar-refractivity contribution < 1.29 is 13.2 Å². The molecule has 1 atom stereocenters. The van der Waals surface area contributed by atoms with Gasteiger partial charge in [0.2, 0.25) is 0 Å². The number of hydrogen-bond donors (Lipinski definition) is 0. The second kappa shape index (κ2) is 6.12. The lowest BCUT2D eigenvalue weighted by molar-refractivity contribution is -0.0326. The number of thioether (sulfide) groups is 2. The molecule has 0 aromatic carbocycles. The third kappa shape index (κ3) is 4.66. The van der Waals surface area contributed by atoms with Gasteiger partial charge >= 0.3 is 5.51 Å². The molecule has 0 bridgehead atoms. The van der Waals surface area contributed by atoms with E-state index in [4.69, 9.17) is 5.26 Å². The van der Waals surface area contributed by atoms with E-state index >= 15 is 0 Å². The number of alkyl halides is 3. The van der Waals surface area contributed by atoms with Crippen molar-refractivity contribution in [1.29, 1.82) is 5.26 Å². The Hall–Kier alpha value is -0.460. The number of halogens is 3. The zero-order valence-electron chi connectivity index (χ0n) is 9.61. The van der Waals surface area contributed by atoms with Gasteiger partial charge in [0.25, 0.3) is 0 Å². The van der Waals surface area contributed by atoms with E-state index < -0.39 is 10.3 Å². The zero-order valence-corrected chi connectivity index (χ0v) is 12.1. The Labute approximate surface area is 115 Å². The molecule has 1 rings (SSSR count). The first-order chi connectivity index (χ1) is 8.27. The predicted molar refractivity (Wildman–Crippen MR) is 68.6 cm³/mol. The normalized spacial score (nSPS) is 15.1. The van der Waals surface area contributed by atoms with Crippen molar-refractivity contribution in [3.8, 4) is 6.07 Å². The Bertz CT molecular complexity index is 440. The first-order valence-electron chi connectivity index (χ1n) is 4.83. The van der Waals surface area contributed by atoms with Crippen LogP contribution in [0.15, 0.2) is 0 Å². The summed E-state index contributed by atoms with van der Waals surface area (Å²) in [6.45, 7) is 3.42. The quantitative estimate of drug-likeness (QED) is 0.778. The second-order valence-electron chi connectivity index (χ2n) is 3.41. The summed E-state index contributed by atoms with van der Waals surface area (Å²) in [5, 5.41) is 18.1. The molecule has 18 heavy (non-hydrogen) atoms. The molecule has 100 valence electrons. The summed E-state index contributed by atoms with van der Waals surface area (Å²) in [5.74, 6) is 0.149. The van der Waals surface area contributed by atoms with Gasteiger partial charge < -0.3 is 0 Å². The van der Waals surface area contributed by atoms with E-state index in [0.29, 0.717) is 5.01 Å². The fraction of sp³-hybridized carbons (Fsp3) is 0.667. The molecule has 3 nitrogen and oxygen atoms in total. The Kier molecular flexibility index (Phi) is 5.31. The molecule has 1 unspecified atom stereocenters. The van der Waals surface area contributed by atoms with Gasteiger partial charge in [-0.05, 0) is 13.8 Å². The smallest absolute Gasteiger partial charge is 0.196 e. The minimum atomic E-state index is -4.22. The molecule has 0 aliphatic carbocycles. The summed E-state index contributed by atoms with van der Waals surface area (Å²) in [7, 11) is 0. The largest absolute Gasteiger partial charge is 0.441 e. The van der Waals surface area contributed by atoms with E-state index in [1.54, 1.807) is 13.8 Å². The highest BCUT2D eigenvalue weighted by Crippen LogP contribution is 2.38. The topological polar surface area (TPSA) is 49.6 Å². The van der Waals surface area contributed by atoms with Gasteiger partial charge in [0.05, 0.1) is 6.07 Å².